The Kier molecular flexibility index (Phi) is 9.52. The molecule has 4 heteroatoms. The Hall–Kier alpha value is -0.610. The monoisotopic (exact) mass is 218 g/mol. The van der Waals surface area contributed by atoms with Gasteiger partial charge in [0.1, 0.15) is 0 Å². The first-order valence-electron chi connectivity index (χ1n) is 5.53. The van der Waals surface area contributed by atoms with E-state index in [2.05, 4.69) is 4.74 Å². The van der Waals surface area contributed by atoms with E-state index >= 15 is 0 Å². The molecule has 0 radical (unpaired) electrons. The first-order valence-corrected chi connectivity index (χ1v) is 5.53. The van der Waals surface area contributed by atoms with E-state index in [1.807, 2.05) is 6.92 Å². The zero-order valence-corrected chi connectivity index (χ0v) is 9.70. The lowest BCUT2D eigenvalue weighted by Crippen LogP contribution is -2.10. The molecule has 0 aliphatic heterocycles. The fraction of sp³-hybridized carbons (Fsp3) is 0.909. The van der Waals surface area contributed by atoms with Crippen molar-refractivity contribution in [2.75, 3.05) is 20.3 Å². The van der Waals surface area contributed by atoms with Crippen LogP contribution in [0, 0.1) is 0 Å². The van der Waals surface area contributed by atoms with Crippen molar-refractivity contribution in [3.63, 3.8) is 0 Å². The second-order valence-electron chi connectivity index (χ2n) is 3.46. The average molecular weight is 218 g/mol. The average Bonchev–Trinajstić information content (AvgIpc) is 2.25. The normalized spacial score (nSPS) is 12.5. The molecule has 4 nitrogen and oxygen atoms in total. The highest BCUT2D eigenvalue weighted by Crippen LogP contribution is 2.07. The van der Waals surface area contributed by atoms with Gasteiger partial charge in [0.05, 0.1) is 13.2 Å². The number of esters is 1. The highest BCUT2D eigenvalue weighted by molar-refractivity contribution is 5.69. The topological polar surface area (TPSA) is 55.8 Å². The number of unbranched alkanes of at least 4 members (excludes halogenated alkanes) is 1. The molecule has 1 atom stereocenters. The highest BCUT2D eigenvalue weighted by Gasteiger charge is 2.07. The van der Waals surface area contributed by atoms with E-state index in [0.29, 0.717) is 12.8 Å². The van der Waals surface area contributed by atoms with Gasteiger partial charge in [-0.25, -0.2) is 0 Å². The van der Waals surface area contributed by atoms with E-state index in [4.69, 9.17) is 4.74 Å². The van der Waals surface area contributed by atoms with Crippen LogP contribution in [0.4, 0.5) is 0 Å². The molecule has 0 spiro atoms. The van der Waals surface area contributed by atoms with Crippen molar-refractivity contribution in [2.45, 2.75) is 45.1 Å². The maximum absolute atomic E-state index is 10.8. The molecule has 0 aromatic carbocycles. The van der Waals surface area contributed by atoms with Gasteiger partial charge in [0, 0.05) is 19.6 Å². The molecule has 1 unspecified atom stereocenters. The van der Waals surface area contributed by atoms with E-state index in [0.717, 1.165) is 32.5 Å². The molecule has 0 aliphatic rings. The van der Waals surface area contributed by atoms with E-state index in [9.17, 15) is 9.90 Å². The first kappa shape index (κ1) is 14.4. The van der Waals surface area contributed by atoms with Crippen LogP contribution in [0.2, 0.25) is 0 Å². The molecule has 0 amide bonds. The van der Waals surface area contributed by atoms with Crippen molar-refractivity contribution in [2.24, 2.45) is 0 Å². The predicted octanol–water partition coefficient (Wildman–Crippen LogP) is 1.51. The van der Waals surface area contributed by atoms with Gasteiger partial charge in [0.15, 0.2) is 0 Å². The quantitative estimate of drug-likeness (QED) is 0.471. The second kappa shape index (κ2) is 9.93. The number of methoxy groups -OCH3 is 1. The molecule has 1 N–H and O–H groups in total. The third-order valence-electron chi connectivity index (χ3n) is 2.19. The lowest BCUT2D eigenvalue weighted by Gasteiger charge is -2.09. The third-order valence-corrected chi connectivity index (χ3v) is 2.19. The minimum atomic E-state index is -0.397. The van der Waals surface area contributed by atoms with Crippen molar-refractivity contribution in [3.05, 3.63) is 0 Å². The summed E-state index contributed by atoms with van der Waals surface area (Å²) in [6.07, 6.45) is 3.01. The minimum Gasteiger partial charge on any atom is -0.469 e. The van der Waals surface area contributed by atoms with Gasteiger partial charge >= 0.3 is 5.97 Å². The van der Waals surface area contributed by atoms with Crippen LogP contribution in [0.1, 0.15) is 39.0 Å². The molecular weight excluding hydrogens is 196 g/mol. The van der Waals surface area contributed by atoms with E-state index in [-0.39, 0.29) is 5.97 Å². The van der Waals surface area contributed by atoms with Gasteiger partial charge in [-0.1, -0.05) is 0 Å². The van der Waals surface area contributed by atoms with Gasteiger partial charge in [-0.2, -0.15) is 0 Å². The van der Waals surface area contributed by atoms with E-state index < -0.39 is 6.10 Å². The fourth-order valence-electron chi connectivity index (χ4n) is 1.26. The van der Waals surface area contributed by atoms with Crippen LogP contribution < -0.4 is 0 Å². The highest BCUT2D eigenvalue weighted by atomic mass is 16.5. The van der Waals surface area contributed by atoms with Gasteiger partial charge in [0.25, 0.3) is 0 Å². The number of carbonyl (C=O) groups excluding carboxylic acids is 1. The van der Waals surface area contributed by atoms with Gasteiger partial charge in [-0.3, -0.25) is 4.79 Å². The summed E-state index contributed by atoms with van der Waals surface area (Å²) in [6, 6.07) is 0. The van der Waals surface area contributed by atoms with Gasteiger partial charge < -0.3 is 14.6 Å². The summed E-state index contributed by atoms with van der Waals surface area (Å²) in [5, 5.41) is 9.50. The number of aliphatic hydroxyl groups is 1. The van der Waals surface area contributed by atoms with Crippen molar-refractivity contribution in [1.82, 2.24) is 0 Å². The fourth-order valence-corrected chi connectivity index (χ4v) is 1.26. The van der Waals surface area contributed by atoms with Gasteiger partial charge in [-0.15, -0.1) is 0 Å². The SMILES string of the molecule is CCOCCCCC(O)CCC(=O)OC. The Morgan fingerprint density at radius 3 is 2.67 bits per heavy atom. The zero-order valence-electron chi connectivity index (χ0n) is 9.70. The molecule has 0 aromatic heterocycles. The summed E-state index contributed by atoms with van der Waals surface area (Å²) in [7, 11) is 1.36. The Morgan fingerprint density at radius 2 is 2.07 bits per heavy atom. The summed E-state index contributed by atoms with van der Waals surface area (Å²) < 4.78 is 9.66. The number of rotatable bonds is 9. The standard InChI is InChI=1S/C11H22O4/c1-3-15-9-5-4-6-10(12)7-8-11(13)14-2/h10,12H,3-9H2,1-2H3. The summed E-state index contributed by atoms with van der Waals surface area (Å²) in [6.45, 7) is 3.45. The van der Waals surface area contributed by atoms with Crippen LogP contribution in [0.3, 0.4) is 0 Å². The number of aliphatic hydroxyl groups excluding tert-OH is 1. The smallest absolute Gasteiger partial charge is 0.305 e. The lowest BCUT2D eigenvalue weighted by atomic mass is 10.1. The summed E-state index contributed by atoms with van der Waals surface area (Å²) in [4.78, 5) is 10.8. The number of carbonyl (C=O) groups is 1. The Labute approximate surface area is 91.6 Å². The van der Waals surface area contributed by atoms with Crippen molar-refractivity contribution in [1.29, 1.82) is 0 Å². The Bertz CT molecular complexity index is 159. The lowest BCUT2D eigenvalue weighted by molar-refractivity contribution is -0.141. The molecule has 0 aliphatic carbocycles. The largest absolute Gasteiger partial charge is 0.469 e. The molecule has 0 heterocycles. The van der Waals surface area contributed by atoms with Crippen LogP contribution in [0.15, 0.2) is 0 Å². The third kappa shape index (κ3) is 9.69. The molecule has 0 saturated heterocycles. The summed E-state index contributed by atoms with van der Waals surface area (Å²) in [5.74, 6) is -0.261. The van der Waals surface area contributed by atoms with Crippen molar-refractivity contribution < 1.29 is 19.4 Å². The van der Waals surface area contributed by atoms with Gasteiger partial charge in [-0.05, 0) is 32.6 Å². The molecule has 0 saturated carbocycles. The molecule has 90 valence electrons. The van der Waals surface area contributed by atoms with Crippen LogP contribution in [-0.2, 0) is 14.3 Å². The molecule has 0 bridgehead atoms. The number of hydrogen-bond acceptors (Lipinski definition) is 4. The van der Waals surface area contributed by atoms with Crippen molar-refractivity contribution >= 4 is 5.97 Å². The molecule has 0 aromatic rings. The molecule has 0 fully saturated rings. The second-order valence-corrected chi connectivity index (χ2v) is 3.46. The summed E-state index contributed by atoms with van der Waals surface area (Å²) in [5.41, 5.74) is 0. The Balaban J connectivity index is 3.25. The van der Waals surface area contributed by atoms with Crippen LogP contribution in [0.5, 0.6) is 0 Å². The maximum Gasteiger partial charge on any atom is 0.305 e. The van der Waals surface area contributed by atoms with Gasteiger partial charge in [0.2, 0.25) is 0 Å². The zero-order chi connectivity index (χ0) is 11.5. The van der Waals surface area contributed by atoms with Crippen molar-refractivity contribution in [3.8, 4) is 0 Å². The Morgan fingerprint density at radius 1 is 1.33 bits per heavy atom. The van der Waals surface area contributed by atoms with Crippen LogP contribution >= 0.6 is 0 Å². The van der Waals surface area contributed by atoms with E-state index in [1.165, 1.54) is 7.11 Å². The van der Waals surface area contributed by atoms with Crippen LogP contribution in [-0.4, -0.2) is 37.5 Å². The van der Waals surface area contributed by atoms with E-state index in [1.54, 1.807) is 0 Å². The maximum atomic E-state index is 10.8. The number of hydrogen-bond donors (Lipinski definition) is 1. The van der Waals surface area contributed by atoms with Crippen LogP contribution in [0.25, 0.3) is 0 Å². The first-order chi connectivity index (χ1) is 7.20. The molecule has 0 rings (SSSR count). The predicted molar refractivity (Wildman–Crippen MR) is 57.6 cm³/mol. The number of ether oxygens (including phenoxy) is 2. The summed E-state index contributed by atoms with van der Waals surface area (Å²) >= 11 is 0. The minimum absolute atomic E-state index is 0.261. The molecule has 15 heavy (non-hydrogen) atoms. The molecular formula is C11H22O4.